The van der Waals surface area contributed by atoms with E-state index >= 15 is 0 Å². The van der Waals surface area contributed by atoms with Crippen LogP contribution in [-0.4, -0.2) is 49.9 Å². The number of nitrogens with one attached hydrogen (secondary N) is 1. The van der Waals surface area contributed by atoms with E-state index in [1.54, 1.807) is 36.1 Å². The van der Waals surface area contributed by atoms with Crippen molar-refractivity contribution >= 4 is 41.0 Å². The molecule has 2 fully saturated rings. The Morgan fingerprint density at radius 3 is 2.66 bits per heavy atom. The third-order valence-corrected chi connectivity index (χ3v) is 7.23. The molecule has 2 amide bonds. The maximum atomic E-state index is 13.0. The molecule has 0 bridgehead atoms. The van der Waals surface area contributed by atoms with Gasteiger partial charge in [0.2, 0.25) is 5.91 Å². The van der Waals surface area contributed by atoms with Crippen LogP contribution in [-0.2, 0) is 9.59 Å². The zero-order valence-corrected chi connectivity index (χ0v) is 17.9. The van der Waals surface area contributed by atoms with Crippen LogP contribution in [0.5, 0.6) is 0 Å². The Morgan fingerprint density at radius 2 is 2.00 bits per heavy atom. The van der Waals surface area contributed by atoms with Crippen molar-refractivity contribution in [2.24, 2.45) is 0 Å². The van der Waals surface area contributed by atoms with Crippen molar-refractivity contribution < 1.29 is 18.9 Å². The third kappa shape index (κ3) is 3.05. The van der Waals surface area contributed by atoms with Crippen LogP contribution >= 0.6 is 23.4 Å². The fraction of sp³-hybridized carbons (Fsp3) is 0.400. The Morgan fingerprint density at radius 1 is 1.31 bits per heavy atom. The number of rotatable bonds is 4. The van der Waals surface area contributed by atoms with E-state index in [0.717, 1.165) is 0 Å². The first kappa shape index (κ1) is 20.0. The number of nitrogens with zero attached hydrogens (tertiary/aromatic N) is 2. The quantitative estimate of drug-likeness (QED) is 0.745. The van der Waals surface area contributed by atoms with Gasteiger partial charge in [0.15, 0.2) is 5.78 Å². The second-order valence-corrected chi connectivity index (χ2v) is 9.94. The minimum absolute atomic E-state index is 0.0565. The van der Waals surface area contributed by atoms with Crippen LogP contribution in [0.1, 0.15) is 36.9 Å². The molecular formula is C20H20ClN3O4S. The predicted octanol–water partition coefficient (Wildman–Crippen LogP) is 3.05. The number of amides is 2. The predicted molar refractivity (Wildman–Crippen MR) is 110 cm³/mol. The van der Waals surface area contributed by atoms with Crippen molar-refractivity contribution in [2.75, 3.05) is 0 Å². The lowest BCUT2D eigenvalue weighted by molar-refractivity contribution is -0.152. The molecule has 2 aliphatic heterocycles. The van der Waals surface area contributed by atoms with Crippen LogP contribution in [0.2, 0.25) is 5.02 Å². The van der Waals surface area contributed by atoms with Crippen molar-refractivity contribution in [1.82, 2.24) is 15.4 Å². The van der Waals surface area contributed by atoms with Crippen LogP contribution in [0.25, 0.3) is 11.3 Å². The van der Waals surface area contributed by atoms with E-state index in [9.17, 15) is 14.4 Å². The third-order valence-electron chi connectivity index (χ3n) is 5.33. The first-order valence-corrected chi connectivity index (χ1v) is 10.4. The number of carbonyl (C=O) groups is 3. The fourth-order valence-electron chi connectivity index (χ4n) is 4.10. The molecule has 1 aromatic heterocycles. The van der Waals surface area contributed by atoms with E-state index < -0.39 is 22.7 Å². The van der Waals surface area contributed by atoms with E-state index in [0.29, 0.717) is 22.0 Å². The maximum absolute atomic E-state index is 13.0. The SMILES string of the molecule is CC(=O)[C@@H]1N2C(=O)[C@@H](NC(=O)c3c(-c4ccccc4Cl)noc3C)[C@H]2SC1(C)C. The molecule has 4 rings (SSSR count). The highest BCUT2D eigenvalue weighted by molar-refractivity contribution is 8.01. The summed E-state index contributed by atoms with van der Waals surface area (Å²) in [5, 5.41) is 6.96. The van der Waals surface area contributed by atoms with Crippen LogP contribution in [0.3, 0.4) is 0 Å². The minimum Gasteiger partial charge on any atom is -0.360 e. The Balaban J connectivity index is 1.60. The second kappa shape index (κ2) is 6.88. The van der Waals surface area contributed by atoms with E-state index in [4.69, 9.17) is 16.1 Å². The molecule has 2 aromatic rings. The first-order chi connectivity index (χ1) is 13.6. The summed E-state index contributed by atoms with van der Waals surface area (Å²) in [4.78, 5) is 39.4. The Labute approximate surface area is 177 Å². The van der Waals surface area contributed by atoms with Crippen molar-refractivity contribution in [2.45, 2.75) is 49.9 Å². The van der Waals surface area contributed by atoms with Gasteiger partial charge in [0, 0.05) is 10.3 Å². The van der Waals surface area contributed by atoms with Crippen molar-refractivity contribution in [3.8, 4) is 11.3 Å². The minimum atomic E-state index is -0.704. The number of β-lactam (4-membered cyclic amide) rings is 1. The molecule has 152 valence electrons. The van der Waals surface area contributed by atoms with Gasteiger partial charge >= 0.3 is 0 Å². The number of aryl methyl sites for hydroxylation is 1. The summed E-state index contributed by atoms with van der Waals surface area (Å²) >= 11 is 7.77. The van der Waals surface area contributed by atoms with Crippen molar-refractivity contribution in [3.05, 3.63) is 40.6 Å². The number of halogens is 1. The lowest BCUT2D eigenvalue weighted by Crippen LogP contribution is -2.70. The second-order valence-electron chi connectivity index (χ2n) is 7.76. The topological polar surface area (TPSA) is 92.5 Å². The van der Waals surface area contributed by atoms with E-state index in [1.807, 2.05) is 13.8 Å². The zero-order valence-electron chi connectivity index (χ0n) is 16.4. The van der Waals surface area contributed by atoms with Gasteiger partial charge < -0.3 is 14.7 Å². The summed E-state index contributed by atoms with van der Waals surface area (Å²) in [5.74, 6) is -0.433. The van der Waals surface area contributed by atoms with Crippen molar-refractivity contribution in [1.29, 1.82) is 0 Å². The normalized spacial score (nSPS) is 24.8. The molecule has 2 aliphatic rings. The van der Waals surface area contributed by atoms with Gasteiger partial charge in [0.05, 0.1) is 5.02 Å². The highest BCUT2D eigenvalue weighted by Gasteiger charge is 2.63. The van der Waals surface area contributed by atoms with Crippen LogP contribution in [0.4, 0.5) is 0 Å². The molecular weight excluding hydrogens is 414 g/mol. The monoisotopic (exact) mass is 433 g/mol. The molecule has 0 saturated carbocycles. The van der Waals surface area contributed by atoms with Crippen LogP contribution < -0.4 is 5.32 Å². The van der Waals surface area contributed by atoms with E-state index in [-0.39, 0.29) is 22.6 Å². The van der Waals surface area contributed by atoms with Gasteiger partial charge in [-0.15, -0.1) is 11.8 Å². The molecule has 3 heterocycles. The summed E-state index contributed by atoms with van der Waals surface area (Å²) in [5.41, 5.74) is 1.15. The molecule has 0 radical (unpaired) electrons. The lowest BCUT2D eigenvalue weighted by Gasteiger charge is -2.44. The highest BCUT2D eigenvalue weighted by atomic mass is 35.5. The summed E-state index contributed by atoms with van der Waals surface area (Å²) in [6.45, 7) is 7.00. The number of aromatic nitrogens is 1. The van der Waals surface area contributed by atoms with Gasteiger partial charge in [-0.1, -0.05) is 35.0 Å². The highest BCUT2D eigenvalue weighted by Crippen LogP contribution is 2.51. The van der Waals surface area contributed by atoms with E-state index in [1.165, 1.54) is 18.7 Å². The molecule has 0 aliphatic carbocycles. The molecule has 2 saturated heterocycles. The molecule has 1 N–H and O–H groups in total. The zero-order chi connectivity index (χ0) is 21.1. The Hall–Kier alpha value is -2.32. The lowest BCUT2D eigenvalue weighted by atomic mass is 9.93. The Bertz CT molecular complexity index is 1030. The number of fused-ring (bicyclic) bond motifs is 1. The number of Topliss-reactive ketones (excluding diaryl/α,β-unsaturated/α-hetero) is 1. The average molecular weight is 434 g/mol. The number of carbonyl (C=O) groups excluding carboxylic acids is 3. The number of benzene rings is 1. The fourth-order valence-corrected chi connectivity index (χ4v) is 6.02. The van der Waals surface area contributed by atoms with Crippen LogP contribution in [0.15, 0.2) is 28.8 Å². The van der Waals surface area contributed by atoms with Gasteiger partial charge in [-0.05, 0) is 33.8 Å². The summed E-state index contributed by atoms with van der Waals surface area (Å²) in [6, 6.07) is 5.83. The molecule has 3 atom stereocenters. The number of hydrogen-bond acceptors (Lipinski definition) is 6. The molecule has 1 aromatic carbocycles. The number of thioether (sulfide) groups is 1. The van der Waals surface area contributed by atoms with E-state index in [2.05, 4.69) is 10.5 Å². The van der Waals surface area contributed by atoms with Gasteiger partial charge in [-0.25, -0.2) is 0 Å². The maximum Gasteiger partial charge on any atom is 0.257 e. The molecule has 0 spiro atoms. The van der Waals surface area contributed by atoms with Gasteiger partial charge in [0.1, 0.15) is 34.5 Å². The molecule has 9 heteroatoms. The van der Waals surface area contributed by atoms with Crippen molar-refractivity contribution in [3.63, 3.8) is 0 Å². The summed E-state index contributed by atoms with van der Waals surface area (Å²) in [7, 11) is 0. The number of hydrogen-bond donors (Lipinski definition) is 1. The first-order valence-electron chi connectivity index (χ1n) is 9.16. The van der Waals surface area contributed by atoms with Gasteiger partial charge in [-0.3, -0.25) is 14.4 Å². The molecule has 29 heavy (non-hydrogen) atoms. The average Bonchev–Trinajstić information content (AvgIpc) is 3.15. The Kier molecular flexibility index (Phi) is 4.74. The summed E-state index contributed by atoms with van der Waals surface area (Å²) < 4.78 is 4.82. The van der Waals surface area contributed by atoms with Gasteiger partial charge in [0.25, 0.3) is 5.91 Å². The van der Waals surface area contributed by atoms with Gasteiger partial charge in [-0.2, -0.15) is 0 Å². The summed E-state index contributed by atoms with van der Waals surface area (Å²) in [6.07, 6.45) is 0. The molecule has 7 nitrogen and oxygen atoms in total. The smallest absolute Gasteiger partial charge is 0.257 e. The van der Waals surface area contributed by atoms with Crippen LogP contribution in [0, 0.1) is 6.92 Å². The standard InChI is InChI=1S/C20H20ClN3O4S/c1-9(25)16-20(3,4)29-19-15(18(27)24(16)19)22-17(26)13-10(2)28-23-14(13)11-7-5-6-8-12(11)21/h5-8,15-16,19H,1-4H3,(H,22,26)/t15-,16+,19-/m1/s1. The largest absolute Gasteiger partial charge is 0.360 e. The molecule has 0 unspecified atom stereocenters. The number of ketones is 1.